The number of fused-ring (bicyclic) bond motifs is 1. The fourth-order valence-electron chi connectivity index (χ4n) is 2.25. The van der Waals surface area contributed by atoms with Crippen LogP contribution in [-0.2, 0) is 11.2 Å². The first-order valence-corrected chi connectivity index (χ1v) is 7.49. The Labute approximate surface area is 124 Å². The Morgan fingerprint density at radius 2 is 2.29 bits per heavy atom. The topological polar surface area (TPSA) is 78.0 Å². The highest BCUT2D eigenvalue weighted by molar-refractivity contribution is 5.79. The zero-order chi connectivity index (χ0) is 15.2. The van der Waals surface area contributed by atoms with E-state index < -0.39 is 0 Å². The monoisotopic (exact) mass is 289 g/mol. The maximum atomic E-state index is 11.7. The van der Waals surface area contributed by atoms with Crippen molar-refractivity contribution >= 4 is 16.9 Å². The Bertz CT molecular complexity index is 607. The molecule has 0 bridgehead atoms. The number of nitrogens with zero attached hydrogens (tertiary/aromatic N) is 1. The van der Waals surface area contributed by atoms with Crippen molar-refractivity contribution in [1.82, 2.24) is 15.3 Å². The number of aromatic nitrogens is 2. The van der Waals surface area contributed by atoms with E-state index in [2.05, 4.69) is 15.3 Å². The van der Waals surface area contributed by atoms with Crippen molar-refractivity contribution in [3.63, 3.8) is 0 Å². The molecule has 0 aliphatic rings. The standard InChI is InChI=1S/C16H23N3O2/c1-3-12(20)9-10-17-15(21)8-7-14-18-13-6-4-5-11(2)16(13)19-14/h4-6,12,20H,3,7-10H2,1-2H3,(H,17,21)(H,18,19). The van der Waals surface area contributed by atoms with Crippen LogP contribution in [0.4, 0.5) is 0 Å². The number of rotatable bonds is 7. The van der Waals surface area contributed by atoms with Crippen molar-refractivity contribution in [2.45, 2.75) is 45.6 Å². The molecule has 0 saturated heterocycles. The van der Waals surface area contributed by atoms with Gasteiger partial charge in [-0.15, -0.1) is 0 Å². The summed E-state index contributed by atoms with van der Waals surface area (Å²) in [5.41, 5.74) is 3.11. The van der Waals surface area contributed by atoms with Crippen LogP contribution in [0.5, 0.6) is 0 Å². The number of hydrogen-bond acceptors (Lipinski definition) is 3. The second-order valence-electron chi connectivity index (χ2n) is 5.36. The minimum absolute atomic E-state index is 0.00418. The van der Waals surface area contributed by atoms with E-state index >= 15 is 0 Å². The molecule has 5 nitrogen and oxygen atoms in total. The van der Waals surface area contributed by atoms with Gasteiger partial charge in [-0.3, -0.25) is 4.79 Å². The maximum Gasteiger partial charge on any atom is 0.220 e. The summed E-state index contributed by atoms with van der Waals surface area (Å²) in [6.45, 7) is 4.47. The van der Waals surface area contributed by atoms with Crippen molar-refractivity contribution in [2.24, 2.45) is 0 Å². The molecule has 1 heterocycles. The van der Waals surface area contributed by atoms with Gasteiger partial charge in [0.15, 0.2) is 0 Å². The van der Waals surface area contributed by atoms with Gasteiger partial charge in [0.05, 0.1) is 17.1 Å². The lowest BCUT2D eigenvalue weighted by atomic mass is 10.2. The average molecular weight is 289 g/mol. The van der Waals surface area contributed by atoms with Gasteiger partial charge in [-0.2, -0.15) is 0 Å². The lowest BCUT2D eigenvalue weighted by molar-refractivity contribution is -0.121. The number of aliphatic hydroxyl groups is 1. The van der Waals surface area contributed by atoms with Crippen molar-refractivity contribution in [1.29, 1.82) is 0 Å². The van der Waals surface area contributed by atoms with Crippen molar-refractivity contribution in [3.05, 3.63) is 29.6 Å². The summed E-state index contributed by atoms with van der Waals surface area (Å²) in [4.78, 5) is 19.5. The number of carbonyl (C=O) groups excluding carboxylic acids is 1. The molecule has 1 unspecified atom stereocenters. The van der Waals surface area contributed by atoms with Crippen LogP contribution in [0.15, 0.2) is 18.2 Å². The van der Waals surface area contributed by atoms with E-state index in [1.54, 1.807) is 0 Å². The lowest BCUT2D eigenvalue weighted by Gasteiger charge is -2.08. The van der Waals surface area contributed by atoms with Gasteiger partial charge < -0.3 is 15.4 Å². The Balaban J connectivity index is 1.81. The largest absolute Gasteiger partial charge is 0.393 e. The van der Waals surface area contributed by atoms with E-state index in [1.807, 2.05) is 32.0 Å². The van der Waals surface area contributed by atoms with Gasteiger partial charge in [0.25, 0.3) is 0 Å². The number of aliphatic hydroxyl groups excluding tert-OH is 1. The minimum Gasteiger partial charge on any atom is -0.393 e. The summed E-state index contributed by atoms with van der Waals surface area (Å²) >= 11 is 0. The SMILES string of the molecule is CCC(O)CCNC(=O)CCc1nc2c(C)cccc2[nH]1. The van der Waals surface area contributed by atoms with E-state index in [-0.39, 0.29) is 12.0 Å². The van der Waals surface area contributed by atoms with Gasteiger partial charge in [-0.25, -0.2) is 4.98 Å². The number of nitrogens with one attached hydrogen (secondary N) is 2. The number of benzene rings is 1. The molecule has 0 aliphatic heterocycles. The first-order chi connectivity index (χ1) is 10.1. The summed E-state index contributed by atoms with van der Waals surface area (Å²) in [5.74, 6) is 0.832. The molecule has 0 spiro atoms. The number of para-hydroxylation sites is 1. The summed E-state index contributed by atoms with van der Waals surface area (Å²) in [5, 5.41) is 12.2. The molecule has 1 amide bonds. The third-order valence-corrected chi connectivity index (χ3v) is 3.62. The molecule has 0 fully saturated rings. The van der Waals surface area contributed by atoms with Crippen LogP contribution in [-0.4, -0.2) is 33.6 Å². The van der Waals surface area contributed by atoms with Crippen molar-refractivity contribution in [3.8, 4) is 0 Å². The molecule has 1 aromatic heterocycles. The summed E-state index contributed by atoms with van der Waals surface area (Å²) in [6, 6.07) is 6.01. The Morgan fingerprint density at radius 3 is 3.00 bits per heavy atom. The Morgan fingerprint density at radius 1 is 1.48 bits per heavy atom. The van der Waals surface area contributed by atoms with Crippen LogP contribution in [0.2, 0.25) is 0 Å². The summed E-state index contributed by atoms with van der Waals surface area (Å²) < 4.78 is 0. The van der Waals surface area contributed by atoms with Crippen molar-refractivity contribution in [2.75, 3.05) is 6.54 Å². The van der Waals surface area contributed by atoms with Crippen LogP contribution < -0.4 is 5.32 Å². The second-order valence-corrected chi connectivity index (χ2v) is 5.36. The fraction of sp³-hybridized carbons (Fsp3) is 0.500. The molecule has 1 aromatic carbocycles. The summed E-state index contributed by atoms with van der Waals surface area (Å²) in [7, 11) is 0. The fourth-order valence-corrected chi connectivity index (χ4v) is 2.25. The van der Waals surface area contributed by atoms with E-state index in [4.69, 9.17) is 0 Å². The van der Waals surface area contributed by atoms with E-state index in [0.717, 1.165) is 22.4 Å². The molecule has 1 atom stereocenters. The minimum atomic E-state index is -0.330. The molecule has 21 heavy (non-hydrogen) atoms. The molecule has 114 valence electrons. The number of amides is 1. The Hall–Kier alpha value is -1.88. The molecule has 0 aliphatic carbocycles. The third kappa shape index (κ3) is 4.29. The lowest BCUT2D eigenvalue weighted by Crippen LogP contribution is -2.27. The predicted octanol–water partition coefficient (Wildman–Crippen LogP) is 2.08. The molecule has 5 heteroatoms. The number of H-pyrrole nitrogens is 1. The highest BCUT2D eigenvalue weighted by Gasteiger charge is 2.08. The predicted molar refractivity (Wildman–Crippen MR) is 83.1 cm³/mol. The van der Waals surface area contributed by atoms with Gasteiger partial charge in [-0.05, 0) is 31.4 Å². The quantitative estimate of drug-likeness (QED) is 0.730. The van der Waals surface area contributed by atoms with Gasteiger partial charge in [0.1, 0.15) is 5.82 Å². The Kier molecular flexibility index (Phi) is 5.33. The number of aromatic amines is 1. The number of aryl methyl sites for hydroxylation is 2. The molecule has 2 rings (SSSR count). The first-order valence-electron chi connectivity index (χ1n) is 7.49. The summed E-state index contributed by atoms with van der Waals surface area (Å²) in [6.07, 6.45) is 1.99. The molecule has 2 aromatic rings. The number of carbonyl (C=O) groups is 1. The van der Waals surface area contributed by atoms with Gasteiger partial charge >= 0.3 is 0 Å². The first kappa shape index (κ1) is 15.5. The normalized spacial score (nSPS) is 12.5. The highest BCUT2D eigenvalue weighted by atomic mass is 16.3. The van der Waals surface area contributed by atoms with Crippen LogP contribution in [0, 0.1) is 6.92 Å². The number of hydrogen-bond donors (Lipinski definition) is 3. The van der Waals surface area contributed by atoms with Crippen molar-refractivity contribution < 1.29 is 9.90 Å². The molecule has 3 N–H and O–H groups in total. The molecule has 0 radical (unpaired) electrons. The van der Waals surface area contributed by atoms with Gasteiger partial charge in [0, 0.05) is 19.4 Å². The zero-order valence-electron chi connectivity index (χ0n) is 12.6. The van der Waals surface area contributed by atoms with Crippen LogP contribution in [0.3, 0.4) is 0 Å². The zero-order valence-corrected chi connectivity index (χ0v) is 12.6. The molecular weight excluding hydrogens is 266 g/mol. The molecule has 0 saturated carbocycles. The van der Waals surface area contributed by atoms with Crippen LogP contribution in [0.25, 0.3) is 11.0 Å². The third-order valence-electron chi connectivity index (χ3n) is 3.62. The number of imidazole rings is 1. The van der Waals surface area contributed by atoms with E-state index in [1.165, 1.54) is 0 Å². The average Bonchev–Trinajstić information content (AvgIpc) is 2.89. The maximum absolute atomic E-state index is 11.7. The van der Waals surface area contributed by atoms with Crippen LogP contribution in [0.1, 0.15) is 37.6 Å². The van der Waals surface area contributed by atoms with Gasteiger partial charge in [0.2, 0.25) is 5.91 Å². The van der Waals surface area contributed by atoms with Gasteiger partial charge in [-0.1, -0.05) is 19.1 Å². The van der Waals surface area contributed by atoms with E-state index in [9.17, 15) is 9.90 Å². The second kappa shape index (κ2) is 7.22. The molecular formula is C16H23N3O2. The van der Waals surface area contributed by atoms with E-state index in [0.29, 0.717) is 32.2 Å². The highest BCUT2D eigenvalue weighted by Crippen LogP contribution is 2.16. The smallest absolute Gasteiger partial charge is 0.220 e. The van der Waals surface area contributed by atoms with Crippen LogP contribution >= 0.6 is 0 Å².